The smallest absolute Gasteiger partial charge is 0.125 e. The van der Waals surface area contributed by atoms with Crippen molar-refractivity contribution in [3.05, 3.63) is 36.4 Å². The van der Waals surface area contributed by atoms with Crippen molar-refractivity contribution < 1.29 is 36.6 Å². The van der Waals surface area contributed by atoms with Gasteiger partial charge in [-0.05, 0) is 39.8 Å². The second-order valence-corrected chi connectivity index (χ2v) is 8.42. The molecule has 0 fully saturated rings. The summed E-state index contributed by atoms with van der Waals surface area (Å²) in [4.78, 5) is -1.10. The van der Waals surface area contributed by atoms with Crippen LogP contribution in [0.3, 0.4) is 0 Å². The van der Waals surface area contributed by atoms with Crippen molar-refractivity contribution in [2.75, 3.05) is 26.2 Å². The molecular weight excluding hydrogens is 404 g/mol. The van der Waals surface area contributed by atoms with Gasteiger partial charge < -0.3 is 19.7 Å². The summed E-state index contributed by atoms with van der Waals surface area (Å²) in [6, 6.07) is 7.09. The van der Waals surface area contributed by atoms with Crippen molar-refractivity contribution in [2.45, 2.75) is 37.5 Å². The number of hydrogen-bond donors (Lipinski definition) is 2. The molecule has 2 aromatic rings. The van der Waals surface area contributed by atoms with Crippen LogP contribution < -0.4 is 10.6 Å². The molecule has 0 unspecified atom stereocenters. The van der Waals surface area contributed by atoms with Gasteiger partial charge in [0, 0.05) is 10.8 Å². The van der Waals surface area contributed by atoms with Gasteiger partial charge in [-0.25, -0.2) is 16.8 Å². The van der Waals surface area contributed by atoms with Gasteiger partial charge in [-0.2, -0.15) is 0 Å². The molecule has 0 aliphatic carbocycles. The molecule has 0 saturated heterocycles. The third-order valence-electron chi connectivity index (χ3n) is 3.54. The lowest BCUT2D eigenvalue weighted by Crippen LogP contribution is -2.82. The SMILES string of the molecule is CC[NH2+]CC.CC[NH2+]CC.O=S(=O)([O-])c1cccc2c(S(=O)(=O)[O-])cccc12. The average molecular weight is 435 g/mol. The number of benzene rings is 2. The molecule has 0 atom stereocenters. The molecular formula is C18H30N2O6S2. The first kappa shape index (κ1) is 26.4. The summed E-state index contributed by atoms with van der Waals surface area (Å²) < 4.78 is 66.1. The first-order chi connectivity index (χ1) is 13.0. The molecule has 0 saturated carbocycles. The summed E-state index contributed by atoms with van der Waals surface area (Å²) in [5.41, 5.74) is 0. The fourth-order valence-electron chi connectivity index (χ4n) is 2.27. The fraction of sp³-hybridized carbons (Fsp3) is 0.444. The van der Waals surface area contributed by atoms with Gasteiger partial charge in [0.25, 0.3) is 0 Å². The van der Waals surface area contributed by atoms with E-state index in [0.29, 0.717) is 0 Å². The van der Waals surface area contributed by atoms with Gasteiger partial charge in [0.15, 0.2) is 0 Å². The first-order valence-corrected chi connectivity index (χ1v) is 11.9. The van der Waals surface area contributed by atoms with Crippen molar-refractivity contribution in [3.63, 3.8) is 0 Å². The van der Waals surface area contributed by atoms with Crippen molar-refractivity contribution >= 4 is 31.0 Å². The maximum absolute atomic E-state index is 11.0. The molecule has 0 spiro atoms. The zero-order valence-corrected chi connectivity index (χ0v) is 18.3. The van der Waals surface area contributed by atoms with Crippen molar-refractivity contribution in [3.8, 4) is 0 Å². The van der Waals surface area contributed by atoms with Gasteiger partial charge in [-0.1, -0.05) is 24.3 Å². The third-order valence-corrected chi connectivity index (χ3v) is 5.32. The van der Waals surface area contributed by atoms with Crippen LogP contribution in [0.15, 0.2) is 46.2 Å². The molecule has 4 N–H and O–H groups in total. The molecule has 0 radical (unpaired) electrons. The molecule has 8 nitrogen and oxygen atoms in total. The van der Waals surface area contributed by atoms with E-state index >= 15 is 0 Å². The minimum absolute atomic E-state index is 0.0792. The van der Waals surface area contributed by atoms with E-state index < -0.39 is 30.0 Å². The Morgan fingerprint density at radius 3 is 1.11 bits per heavy atom. The highest BCUT2D eigenvalue weighted by Crippen LogP contribution is 2.27. The zero-order chi connectivity index (χ0) is 21.8. The van der Waals surface area contributed by atoms with Crippen LogP contribution in [0, 0.1) is 0 Å². The highest BCUT2D eigenvalue weighted by atomic mass is 32.2. The maximum atomic E-state index is 11.0. The van der Waals surface area contributed by atoms with Crippen LogP contribution in [-0.4, -0.2) is 52.1 Å². The van der Waals surface area contributed by atoms with Crippen molar-refractivity contribution in [2.24, 2.45) is 0 Å². The number of rotatable bonds is 6. The van der Waals surface area contributed by atoms with Gasteiger partial charge in [-0.3, -0.25) is 0 Å². The molecule has 2 rings (SSSR count). The van der Waals surface area contributed by atoms with Crippen LogP contribution in [0.2, 0.25) is 0 Å². The van der Waals surface area contributed by atoms with E-state index in [9.17, 15) is 25.9 Å². The average Bonchev–Trinajstić information content (AvgIpc) is 2.61. The second kappa shape index (κ2) is 12.8. The minimum atomic E-state index is -4.74. The number of nitrogens with two attached hydrogens (primary N) is 2. The molecule has 0 amide bonds. The van der Waals surface area contributed by atoms with Gasteiger partial charge in [0.05, 0.1) is 36.0 Å². The molecule has 0 aromatic heterocycles. The summed E-state index contributed by atoms with van der Waals surface area (Å²) in [5.74, 6) is 0. The Kier molecular flexibility index (Phi) is 12.1. The molecule has 28 heavy (non-hydrogen) atoms. The maximum Gasteiger partial charge on any atom is 0.125 e. The normalized spacial score (nSPS) is 11.2. The van der Waals surface area contributed by atoms with Crippen LogP contribution in [0.4, 0.5) is 0 Å². The molecule has 0 aliphatic heterocycles. The van der Waals surface area contributed by atoms with E-state index in [1.165, 1.54) is 50.4 Å². The highest BCUT2D eigenvalue weighted by molar-refractivity contribution is 7.86. The van der Waals surface area contributed by atoms with Gasteiger partial charge in [0.2, 0.25) is 0 Å². The van der Waals surface area contributed by atoms with E-state index in [1.807, 2.05) is 0 Å². The predicted octanol–water partition coefficient (Wildman–Crippen LogP) is -0.173. The Morgan fingerprint density at radius 1 is 0.643 bits per heavy atom. The topological polar surface area (TPSA) is 148 Å². The summed E-state index contributed by atoms with van der Waals surface area (Å²) in [6.07, 6.45) is 0. The quantitative estimate of drug-likeness (QED) is 0.603. The van der Waals surface area contributed by atoms with Crippen LogP contribution in [-0.2, 0) is 20.2 Å². The standard InChI is InChI=1S/C10H8O6S2.2C4H11N/c11-17(12,13)9-5-1-3-7-8(9)4-2-6-10(7)18(14,15)16;2*1-3-5-4-2/h1-6H,(H,11,12,13)(H,14,15,16);2*5H,3-4H2,1-2H3. The molecule has 160 valence electrons. The third kappa shape index (κ3) is 9.09. The highest BCUT2D eigenvalue weighted by Gasteiger charge is 2.12. The van der Waals surface area contributed by atoms with E-state index in [1.54, 1.807) is 0 Å². The molecule has 0 bridgehead atoms. The van der Waals surface area contributed by atoms with Gasteiger partial charge >= 0.3 is 0 Å². The molecule has 2 aromatic carbocycles. The van der Waals surface area contributed by atoms with E-state index in [2.05, 4.69) is 38.3 Å². The van der Waals surface area contributed by atoms with Crippen molar-refractivity contribution in [1.29, 1.82) is 0 Å². The molecule has 10 heteroatoms. The fourth-order valence-corrected chi connectivity index (χ4v) is 3.65. The minimum Gasteiger partial charge on any atom is -0.744 e. The Morgan fingerprint density at radius 2 is 0.929 bits per heavy atom. The Labute approximate surface area is 167 Å². The van der Waals surface area contributed by atoms with Crippen LogP contribution >= 0.6 is 0 Å². The summed E-state index contributed by atoms with van der Waals surface area (Å²) in [6.45, 7) is 13.5. The lowest BCUT2D eigenvalue weighted by molar-refractivity contribution is -0.648. The van der Waals surface area contributed by atoms with Crippen LogP contribution in [0.5, 0.6) is 0 Å². The number of fused-ring (bicyclic) bond motifs is 1. The monoisotopic (exact) mass is 434 g/mol. The van der Waals surface area contributed by atoms with Gasteiger partial charge in [0.1, 0.15) is 20.2 Å². The lowest BCUT2D eigenvalue weighted by Gasteiger charge is -2.14. The zero-order valence-electron chi connectivity index (χ0n) is 16.7. The van der Waals surface area contributed by atoms with E-state index in [-0.39, 0.29) is 10.8 Å². The van der Waals surface area contributed by atoms with E-state index in [4.69, 9.17) is 0 Å². The largest absolute Gasteiger partial charge is 0.744 e. The van der Waals surface area contributed by atoms with Crippen molar-refractivity contribution in [1.82, 2.24) is 0 Å². The second-order valence-electron chi connectivity index (χ2n) is 5.73. The van der Waals surface area contributed by atoms with E-state index in [0.717, 1.165) is 12.1 Å². The predicted molar refractivity (Wildman–Crippen MR) is 106 cm³/mol. The van der Waals surface area contributed by atoms with Gasteiger partial charge in [-0.15, -0.1) is 0 Å². The summed E-state index contributed by atoms with van der Waals surface area (Å²) >= 11 is 0. The Balaban J connectivity index is 0.000000607. The van der Waals surface area contributed by atoms with Crippen LogP contribution in [0.25, 0.3) is 10.8 Å². The molecule has 0 heterocycles. The Hall–Kier alpha value is -1.56. The first-order valence-electron chi connectivity index (χ1n) is 9.11. The lowest BCUT2D eigenvalue weighted by atomic mass is 10.1. The van der Waals surface area contributed by atoms with Crippen LogP contribution in [0.1, 0.15) is 27.7 Å². The number of hydrogen-bond acceptors (Lipinski definition) is 6. The Bertz CT molecular complexity index is 847. The summed E-state index contributed by atoms with van der Waals surface area (Å²) in [5, 5.41) is 4.34. The summed E-state index contributed by atoms with van der Waals surface area (Å²) in [7, 11) is -9.48. The molecule has 0 aliphatic rings. The number of quaternary nitrogens is 2.